The van der Waals surface area contributed by atoms with E-state index in [2.05, 4.69) is 10.6 Å². The van der Waals surface area contributed by atoms with Gasteiger partial charge in [-0.25, -0.2) is 9.59 Å². The lowest BCUT2D eigenvalue weighted by Crippen LogP contribution is -2.19. The van der Waals surface area contributed by atoms with E-state index in [1.54, 1.807) is 43.3 Å². The Morgan fingerprint density at radius 3 is 2.32 bits per heavy atom. The number of benzene rings is 2. The first-order valence-corrected chi connectivity index (χ1v) is 8.10. The van der Waals surface area contributed by atoms with Crippen LogP contribution in [0.1, 0.15) is 31.1 Å². The summed E-state index contributed by atoms with van der Waals surface area (Å²) in [5.41, 5.74) is 1.63. The van der Waals surface area contributed by atoms with Crippen molar-refractivity contribution in [2.45, 2.75) is 26.9 Å². The number of nitrogens with one attached hydrogen (secondary N) is 2. The molecule has 0 aromatic heterocycles. The molecule has 2 aromatic carbocycles. The normalized spacial score (nSPS) is 10.2. The van der Waals surface area contributed by atoms with Crippen molar-refractivity contribution in [3.8, 4) is 5.75 Å². The van der Waals surface area contributed by atoms with Crippen LogP contribution in [-0.2, 0) is 4.74 Å². The van der Waals surface area contributed by atoms with Crippen LogP contribution in [0, 0.1) is 0 Å². The van der Waals surface area contributed by atoms with Gasteiger partial charge < -0.3 is 20.1 Å². The highest BCUT2D eigenvalue weighted by atomic mass is 16.5. The molecule has 25 heavy (non-hydrogen) atoms. The van der Waals surface area contributed by atoms with E-state index in [-0.39, 0.29) is 18.1 Å². The fraction of sp³-hybridized carbons (Fsp3) is 0.263. The number of anilines is 2. The highest BCUT2D eigenvalue weighted by Gasteiger charge is 2.08. The summed E-state index contributed by atoms with van der Waals surface area (Å²) in [5, 5.41) is 5.45. The van der Waals surface area contributed by atoms with Crippen molar-refractivity contribution in [2.24, 2.45) is 0 Å². The molecular weight excluding hydrogens is 320 g/mol. The highest BCUT2D eigenvalue weighted by Crippen LogP contribution is 2.19. The molecule has 0 spiro atoms. The van der Waals surface area contributed by atoms with Gasteiger partial charge in [-0.2, -0.15) is 0 Å². The number of urea groups is 1. The minimum Gasteiger partial charge on any atom is -0.491 e. The van der Waals surface area contributed by atoms with Gasteiger partial charge >= 0.3 is 12.0 Å². The largest absolute Gasteiger partial charge is 0.491 e. The summed E-state index contributed by atoms with van der Waals surface area (Å²) in [6, 6.07) is 13.3. The van der Waals surface area contributed by atoms with Crippen molar-refractivity contribution in [1.29, 1.82) is 0 Å². The van der Waals surface area contributed by atoms with E-state index in [4.69, 9.17) is 9.47 Å². The number of carbonyl (C=O) groups excluding carboxylic acids is 2. The summed E-state index contributed by atoms with van der Waals surface area (Å²) in [5.74, 6) is 0.298. The van der Waals surface area contributed by atoms with Gasteiger partial charge in [0.2, 0.25) is 0 Å². The Morgan fingerprint density at radius 2 is 1.68 bits per heavy atom. The number of amides is 2. The molecule has 0 unspecified atom stereocenters. The van der Waals surface area contributed by atoms with Crippen molar-refractivity contribution in [3.05, 3.63) is 54.1 Å². The molecule has 2 aromatic rings. The van der Waals surface area contributed by atoms with Crippen LogP contribution in [0.5, 0.6) is 5.75 Å². The maximum atomic E-state index is 12.1. The number of esters is 1. The maximum Gasteiger partial charge on any atom is 0.338 e. The van der Waals surface area contributed by atoms with Gasteiger partial charge in [-0.15, -0.1) is 0 Å². The third kappa shape index (κ3) is 5.84. The Bertz CT molecular complexity index is 726. The molecule has 6 nitrogen and oxygen atoms in total. The zero-order valence-electron chi connectivity index (χ0n) is 14.5. The molecular formula is C19H22N2O4. The molecule has 132 valence electrons. The lowest BCUT2D eigenvalue weighted by Gasteiger charge is -2.12. The standard InChI is InChI=1S/C19H22N2O4/c1-4-24-18(22)14-8-10-15(11-9-14)20-19(23)21-16-6-5-7-17(12-16)25-13(2)3/h5-13H,4H2,1-3H3,(H2,20,21,23). The average molecular weight is 342 g/mol. The van der Waals surface area contributed by atoms with Crippen molar-refractivity contribution in [1.82, 2.24) is 0 Å². The van der Waals surface area contributed by atoms with Gasteiger partial charge in [0.25, 0.3) is 0 Å². The Kier molecular flexibility index (Phi) is 6.39. The molecule has 0 fully saturated rings. The molecule has 2 rings (SSSR count). The van der Waals surface area contributed by atoms with Crippen LogP contribution in [0.4, 0.5) is 16.2 Å². The van der Waals surface area contributed by atoms with Crippen molar-refractivity contribution in [2.75, 3.05) is 17.2 Å². The van der Waals surface area contributed by atoms with E-state index in [9.17, 15) is 9.59 Å². The van der Waals surface area contributed by atoms with Crippen molar-refractivity contribution >= 4 is 23.4 Å². The first-order chi connectivity index (χ1) is 12.0. The SMILES string of the molecule is CCOC(=O)c1ccc(NC(=O)Nc2cccc(OC(C)C)c2)cc1. The van der Waals surface area contributed by atoms with Gasteiger partial charge in [0.05, 0.1) is 18.3 Å². The predicted molar refractivity (Wildman–Crippen MR) is 97.2 cm³/mol. The zero-order valence-corrected chi connectivity index (χ0v) is 14.5. The second kappa shape index (κ2) is 8.73. The zero-order chi connectivity index (χ0) is 18.2. The molecule has 0 heterocycles. The van der Waals surface area contributed by atoms with Gasteiger partial charge in [0.1, 0.15) is 5.75 Å². The van der Waals surface area contributed by atoms with Gasteiger partial charge in [0, 0.05) is 17.4 Å². The van der Waals surface area contributed by atoms with Crippen LogP contribution in [0.3, 0.4) is 0 Å². The van der Waals surface area contributed by atoms with Crippen LogP contribution in [0.15, 0.2) is 48.5 Å². The first kappa shape index (κ1) is 18.3. The monoisotopic (exact) mass is 342 g/mol. The molecule has 2 amide bonds. The van der Waals surface area contributed by atoms with E-state index in [1.807, 2.05) is 26.0 Å². The van der Waals surface area contributed by atoms with Crippen molar-refractivity contribution < 1.29 is 19.1 Å². The van der Waals surface area contributed by atoms with Gasteiger partial charge in [-0.3, -0.25) is 0 Å². The van der Waals surface area contributed by atoms with Crippen molar-refractivity contribution in [3.63, 3.8) is 0 Å². The lowest BCUT2D eigenvalue weighted by atomic mass is 10.2. The fourth-order valence-corrected chi connectivity index (χ4v) is 2.12. The van der Waals surface area contributed by atoms with Gasteiger partial charge in [0.15, 0.2) is 0 Å². The average Bonchev–Trinajstić information content (AvgIpc) is 2.55. The third-order valence-corrected chi connectivity index (χ3v) is 3.12. The van der Waals surface area contributed by atoms with E-state index < -0.39 is 0 Å². The quantitative estimate of drug-likeness (QED) is 0.768. The molecule has 0 atom stereocenters. The molecule has 0 saturated carbocycles. The summed E-state index contributed by atoms with van der Waals surface area (Å²) >= 11 is 0. The van der Waals surface area contributed by atoms with Crippen LogP contribution in [0.25, 0.3) is 0 Å². The summed E-state index contributed by atoms with van der Waals surface area (Å²) in [6.45, 7) is 5.94. The van der Waals surface area contributed by atoms with Gasteiger partial charge in [-0.1, -0.05) is 6.07 Å². The molecule has 0 bridgehead atoms. The molecule has 6 heteroatoms. The minimum atomic E-state index is -0.388. The Balaban J connectivity index is 1.95. The molecule has 0 aliphatic heterocycles. The van der Waals surface area contributed by atoms with E-state index in [1.165, 1.54) is 0 Å². The number of hydrogen-bond acceptors (Lipinski definition) is 4. The van der Waals surface area contributed by atoms with E-state index in [0.29, 0.717) is 29.3 Å². The van der Waals surface area contributed by atoms with Crippen LogP contribution in [0.2, 0.25) is 0 Å². The number of ether oxygens (including phenoxy) is 2. The topological polar surface area (TPSA) is 76.7 Å². The van der Waals surface area contributed by atoms with Crippen LogP contribution < -0.4 is 15.4 Å². The number of carbonyl (C=O) groups is 2. The number of hydrogen-bond donors (Lipinski definition) is 2. The fourth-order valence-electron chi connectivity index (χ4n) is 2.12. The second-order valence-electron chi connectivity index (χ2n) is 5.57. The molecule has 0 aliphatic rings. The summed E-state index contributed by atoms with van der Waals surface area (Å²) in [4.78, 5) is 23.7. The summed E-state index contributed by atoms with van der Waals surface area (Å²) < 4.78 is 10.5. The minimum absolute atomic E-state index is 0.0574. The summed E-state index contributed by atoms with van der Waals surface area (Å²) in [7, 11) is 0. The smallest absolute Gasteiger partial charge is 0.338 e. The van der Waals surface area contributed by atoms with E-state index >= 15 is 0 Å². The van der Waals surface area contributed by atoms with Gasteiger partial charge in [-0.05, 0) is 57.2 Å². The Labute approximate surface area is 147 Å². The Hall–Kier alpha value is -3.02. The first-order valence-electron chi connectivity index (χ1n) is 8.10. The van der Waals surface area contributed by atoms with E-state index in [0.717, 1.165) is 0 Å². The predicted octanol–water partition coefficient (Wildman–Crippen LogP) is 4.29. The molecule has 2 N–H and O–H groups in total. The molecule has 0 radical (unpaired) electrons. The van der Waals surface area contributed by atoms with Crippen LogP contribution >= 0.6 is 0 Å². The summed E-state index contributed by atoms with van der Waals surface area (Å²) in [6.07, 6.45) is 0.0574. The molecule has 0 saturated heterocycles. The Morgan fingerprint density at radius 1 is 1.00 bits per heavy atom. The second-order valence-corrected chi connectivity index (χ2v) is 5.57. The number of rotatable bonds is 6. The molecule has 0 aliphatic carbocycles. The maximum absolute atomic E-state index is 12.1. The lowest BCUT2D eigenvalue weighted by molar-refractivity contribution is 0.0526. The van der Waals surface area contributed by atoms with Crippen LogP contribution in [-0.4, -0.2) is 24.7 Å². The highest BCUT2D eigenvalue weighted by molar-refractivity contribution is 6.00. The third-order valence-electron chi connectivity index (χ3n) is 3.12.